The fraction of sp³-hybridized carbons (Fsp3) is 0.769. The maximum atomic E-state index is 12.0. The van der Waals surface area contributed by atoms with E-state index >= 15 is 0 Å². The Morgan fingerprint density at radius 1 is 1.10 bits per heavy atom. The molecule has 0 aliphatic rings. The first-order valence-corrected chi connectivity index (χ1v) is 7.03. The summed E-state index contributed by atoms with van der Waals surface area (Å²) in [6, 6.07) is -0.473. The average molecular weight is 302 g/mol. The van der Waals surface area contributed by atoms with Gasteiger partial charge in [-0.2, -0.15) is 0 Å². The molecule has 8 heteroatoms. The number of likely N-dealkylation sites (N-methyl/N-ethyl adjacent to an activating group) is 1. The number of aliphatic carboxylic acids is 1. The van der Waals surface area contributed by atoms with Crippen molar-refractivity contribution >= 4 is 17.8 Å². The van der Waals surface area contributed by atoms with Crippen molar-refractivity contribution in [3.05, 3.63) is 0 Å². The molecule has 0 aromatic rings. The monoisotopic (exact) mass is 302 g/mol. The van der Waals surface area contributed by atoms with Gasteiger partial charge in [0.25, 0.3) is 0 Å². The van der Waals surface area contributed by atoms with Crippen LogP contribution in [-0.2, 0) is 14.4 Å². The summed E-state index contributed by atoms with van der Waals surface area (Å²) >= 11 is 0. The lowest BCUT2D eigenvalue weighted by molar-refractivity contribution is -0.137. The Hall–Kier alpha value is -1.67. The Kier molecular flexibility index (Phi) is 10.2. The summed E-state index contributed by atoms with van der Waals surface area (Å²) in [4.78, 5) is 33.7. The fourth-order valence-corrected chi connectivity index (χ4v) is 1.69. The van der Waals surface area contributed by atoms with E-state index in [1.807, 2.05) is 13.8 Å². The number of amides is 2. The molecule has 0 saturated carbocycles. The summed E-state index contributed by atoms with van der Waals surface area (Å²) in [5.41, 5.74) is 0. The fourth-order valence-electron chi connectivity index (χ4n) is 1.69. The Morgan fingerprint density at radius 3 is 2.24 bits per heavy atom. The van der Waals surface area contributed by atoms with E-state index in [4.69, 9.17) is 5.11 Å². The van der Waals surface area contributed by atoms with Gasteiger partial charge in [-0.15, -0.1) is 0 Å². The second-order valence-corrected chi connectivity index (χ2v) is 4.98. The lowest BCUT2D eigenvalue weighted by atomic mass is 10.1. The number of carboxylic acid groups (broad SMARTS) is 1. The van der Waals surface area contributed by atoms with E-state index in [9.17, 15) is 14.4 Å². The van der Waals surface area contributed by atoms with Crippen LogP contribution in [0.4, 0.5) is 0 Å². The minimum atomic E-state index is -0.933. The highest BCUT2D eigenvalue weighted by Crippen LogP contribution is 1.99. The van der Waals surface area contributed by atoms with E-state index in [2.05, 4.69) is 21.3 Å². The molecule has 0 aliphatic carbocycles. The molecule has 0 radical (unpaired) electrons. The first kappa shape index (κ1) is 19.3. The molecule has 0 bridgehead atoms. The van der Waals surface area contributed by atoms with Crippen LogP contribution in [0.1, 0.15) is 26.7 Å². The molecule has 0 aliphatic heterocycles. The van der Waals surface area contributed by atoms with E-state index in [0.29, 0.717) is 13.1 Å². The number of carbonyl (C=O) groups excluding carboxylic acids is 2. The van der Waals surface area contributed by atoms with Gasteiger partial charge in [-0.05, 0) is 13.5 Å². The molecule has 5 N–H and O–H groups in total. The lowest BCUT2D eigenvalue weighted by Crippen LogP contribution is -2.48. The Morgan fingerprint density at radius 2 is 1.71 bits per heavy atom. The van der Waals surface area contributed by atoms with Gasteiger partial charge in [-0.25, -0.2) is 0 Å². The molecular weight excluding hydrogens is 276 g/mol. The van der Waals surface area contributed by atoms with Crippen molar-refractivity contribution < 1.29 is 19.5 Å². The molecule has 0 aromatic heterocycles. The number of nitrogens with one attached hydrogen (secondary N) is 4. The van der Waals surface area contributed by atoms with Gasteiger partial charge in [0, 0.05) is 25.6 Å². The highest BCUT2D eigenvalue weighted by molar-refractivity contribution is 5.82. The van der Waals surface area contributed by atoms with Gasteiger partial charge in [-0.1, -0.05) is 13.8 Å². The maximum absolute atomic E-state index is 12.0. The molecule has 0 saturated heterocycles. The van der Waals surface area contributed by atoms with Crippen molar-refractivity contribution in [1.29, 1.82) is 0 Å². The smallest absolute Gasteiger partial charge is 0.303 e. The van der Waals surface area contributed by atoms with Crippen molar-refractivity contribution in [2.24, 2.45) is 0 Å². The van der Waals surface area contributed by atoms with Gasteiger partial charge >= 0.3 is 5.97 Å². The van der Waals surface area contributed by atoms with Crippen molar-refractivity contribution in [3.8, 4) is 0 Å². The van der Waals surface area contributed by atoms with Crippen molar-refractivity contribution in [2.45, 2.75) is 38.8 Å². The number of hydrogen-bond donors (Lipinski definition) is 5. The van der Waals surface area contributed by atoms with E-state index < -0.39 is 12.0 Å². The molecule has 0 rings (SSSR count). The molecule has 21 heavy (non-hydrogen) atoms. The Balaban J connectivity index is 4.09. The zero-order valence-electron chi connectivity index (χ0n) is 12.9. The highest BCUT2D eigenvalue weighted by atomic mass is 16.4. The Labute approximate surface area is 125 Å². The van der Waals surface area contributed by atoms with Gasteiger partial charge in [0.05, 0.1) is 12.6 Å². The number of carbonyl (C=O) groups is 3. The lowest BCUT2D eigenvalue weighted by Gasteiger charge is -2.20. The van der Waals surface area contributed by atoms with E-state index in [-0.39, 0.29) is 37.2 Å². The van der Waals surface area contributed by atoms with Crippen molar-refractivity contribution in [2.75, 3.05) is 26.7 Å². The van der Waals surface area contributed by atoms with Gasteiger partial charge in [0.1, 0.15) is 0 Å². The van der Waals surface area contributed by atoms with E-state index in [1.54, 1.807) is 7.05 Å². The minimum absolute atomic E-state index is 0.0727. The first-order chi connectivity index (χ1) is 9.86. The van der Waals surface area contributed by atoms with E-state index in [0.717, 1.165) is 0 Å². The summed E-state index contributed by atoms with van der Waals surface area (Å²) in [6.07, 6.45) is 0.155. The second-order valence-electron chi connectivity index (χ2n) is 4.98. The summed E-state index contributed by atoms with van der Waals surface area (Å²) in [5.74, 6) is -1.33. The zero-order chi connectivity index (χ0) is 16.3. The van der Waals surface area contributed by atoms with Crippen LogP contribution in [0.3, 0.4) is 0 Å². The van der Waals surface area contributed by atoms with Crippen LogP contribution in [0.25, 0.3) is 0 Å². The molecule has 1 atom stereocenters. The van der Waals surface area contributed by atoms with Crippen LogP contribution >= 0.6 is 0 Å². The topological polar surface area (TPSA) is 120 Å². The zero-order valence-corrected chi connectivity index (χ0v) is 12.9. The molecule has 0 unspecified atom stereocenters. The summed E-state index contributed by atoms with van der Waals surface area (Å²) < 4.78 is 0. The average Bonchev–Trinajstić information content (AvgIpc) is 2.39. The van der Waals surface area contributed by atoms with Crippen LogP contribution in [0, 0.1) is 0 Å². The summed E-state index contributed by atoms with van der Waals surface area (Å²) in [7, 11) is 1.67. The largest absolute Gasteiger partial charge is 0.481 e. The number of carboxylic acids is 1. The third kappa shape index (κ3) is 10.7. The van der Waals surface area contributed by atoms with Crippen LogP contribution in [-0.4, -0.2) is 61.7 Å². The molecular formula is C13H26N4O4. The summed E-state index contributed by atoms with van der Waals surface area (Å²) in [5, 5.41) is 19.8. The first-order valence-electron chi connectivity index (χ1n) is 7.03. The predicted molar refractivity (Wildman–Crippen MR) is 78.9 cm³/mol. The van der Waals surface area contributed by atoms with Gasteiger partial charge in [0.2, 0.25) is 11.8 Å². The molecule has 2 amide bonds. The predicted octanol–water partition coefficient (Wildman–Crippen LogP) is -1.33. The molecule has 8 nitrogen and oxygen atoms in total. The van der Waals surface area contributed by atoms with Crippen molar-refractivity contribution in [1.82, 2.24) is 21.3 Å². The van der Waals surface area contributed by atoms with Gasteiger partial charge in [-0.3, -0.25) is 14.4 Å². The van der Waals surface area contributed by atoms with Crippen LogP contribution in [0.2, 0.25) is 0 Å². The second kappa shape index (κ2) is 11.0. The normalized spacial score (nSPS) is 12.0. The van der Waals surface area contributed by atoms with Crippen LogP contribution in [0.5, 0.6) is 0 Å². The SMILES string of the molecule is CNCC(=O)NCCNC(=O)[C@H](CCC(=O)O)NC(C)C. The molecule has 0 aromatic carbocycles. The van der Waals surface area contributed by atoms with Gasteiger partial charge in [0.15, 0.2) is 0 Å². The quantitative estimate of drug-likeness (QED) is 0.302. The number of hydrogen-bond acceptors (Lipinski definition) is 5. The van der Waals surface area contributed by atoms with E-state index in [1.165, 1.54) is 0 Å². The molecule has 0 spiro atoms. The highest BCUT2D eigenvalue weighted by Gasteiger charge is 2.19. The molecule has 122 valence electrons. The van der Waals surface area contributed by atoms with Crippen LogP contribution in [0.15, 0.2) is 0 Å². The Bertz CT molecular complexity index is 347. The minimum Gasteiger partial charge on any atom is -0.481 e. The molecule has 0 fully saturated rings. The standard InChI is InChI=1S/C13H26N4O4/c1-9(2)17-10(4-5-12(19)20)13(21)16-7-6-15-11(18)8-14-3/h9-10,14,17H,4-8H2,1-3H3,(H,15,18)(H,16,21)(H,19,20)/t10-/m0/s1. The van der Waals surface area contributed by atoms with Crippen molar-refractivity contribution in [3.63, 3.8) is 0 Å². The summed E-state index contributed by atoms with van der Waals surface area (Å²) in [6.45, 7) is 4.64. The third-order valence-electron chi connectivity index (χ3n) is 2.58. The number of rotatable bonds is 11. The maximum Gasteiger partial charge on any atom is 0.303 e. The molecule has 0 heterocycles. The third-order valence-corrected chi connectivity index (χ3v) is 2.58. The van der Waals surface area contributed by atoms with Gasteiger partial charge < -0.3 is 26.4 Å². The van der Waals surface area contributed by atoms with Crippen LogP contribution < -0.4 is 21.3 Å².